The number of nitrogens with one attached hydrogen (secondary N) is 2. The van der Waals surface area contributed by atoms with Gasteiger partial charge in [0.25, 0.3) is 11.4 Å². The number of guanidine groups is 1. The number of piperidine rings is 1. The highest BCUT2D eigenvalue weighted by Crippen LogP contribution is 2.26. The third-order valence-corrected chi connectivity index (χ3v) is 8.50. The highest BCUT2D eigenvalue weighted by atomic mass is 32.2. The molecule has 0 radical (unpaired) electrons. The van der Waals surface area contributed by atoms with Crippen molar-refractivity contribution in [3.63, 3.8) is 0 Å². The van der Waals surface area contributed by atoms with Gasteiger partial charge in [0, 0.05) is 19.6 Å². The van der Waals surface area contributed by atoms with Gasteiger partial charge in [-0.05, 0) is 66.1 Å². The van der Waals surface area contributed by atoms with Crippen molar-refractivity contribution >= 4 is 60.4 Å². The summed E-state index contributed by atoms with van der Waals surface area (Å²) >= 11 is -1.18. The van der Waals surface area contributed by atoms with Crippen molar-refractivity contribution < 1.29 is 26.5 Å². The highest BCUT2D eigenvalue weighted by Gasteiger charge is 2.31. The zero-order valence-electron chi connectivity index (χ0n) is 20.7. The van der Waals surface area contributed by atoms with Crippen LogP contribution in [0.5, 0.6) is 0 Å². The Balaban J connectivity index is 0.000000934. The molecular weight excluding hydrogens is 550 g/mol. The molecule has 1 amide bonds. The molecule has 0 saturated carbocycles. The quantitative estimate of drug-likeness (QED) is 0.161. The first-order chi connectivity index (χ1) is 18.0. The molecule has 1 aliphatic heterocycles. The van der Waals surface area contributed by atoms with Gasteiger partial charge >= 0.3 is 0 Å². The van der Waals surface area contributed by atoms with Crippen molar-refractivity contribution in [3.8, 4) is 0 Å². The second kappa shape index (κ2) is 13.3. The van der Waals surface area contributed by atoms with Gasteiger partial charge in [-0.15, -0.1) is 11.3 Å². The molecule has 1 unspecified atom stereocenters. The number of benzene rings is 2. The molecule has 11 nitrogen and oxygen atoms in total. The van der Waals surface area contributed by atoms with Gasteiger partial charge < -0.3 is 15.5 Å². The van der Waals surface area contributed by atoms with Crippen molar-refractivity contribution in [2.75, 3.05) is 24.5 Å². The molecule has 1 aliphatic rings. The summed E-state index contributed by atoms with van der Waals surface area (Å²) in [6, 6.07) is 15.2. The molecule has 1 aromatic heterocycles. The summed E-state index contributed by atoms with van der Waals surface area (Å²) in [5.74, 6) is -0.144. The van der Waals surface area contributed by atoms with Gasteiger partial charge in [0.1, 0.15) is 0 Å². The van der Waals surface area contributed by atoms with Gasteiger partial charge in [0.15, 0.2) is 5.96 Å². The molecule has 2 aromatic carbocycles. The van der Waals surface area contributed by atoms with Gasteiger partial charge in [-0.1, -0.05) is 30.3 Å². The summed E-state index contributed by atoms with van der Waals surface area (Å²) < 4.78 is 51.6. The number of nitrogens with two attached hydrogens (primary N) is 1. The van der Waals surface area contributed by atoms with Crippen LogP contribution in [0, 0.1) is 11.3 Å². The molecule has 6 N–H and O–H groups in total. The number of hydrogen-bond donors (Lipinski definition) is 5. The van der Waals surface area contributed by atoms with E-state index in [-0.39, 0.29) is 22.7 Å². The molecule has 1 saturated heterocycles. The van der Waals surface area contributed by atoms with E-state index in [2.05, 4.69) is 4.72 Å². The third kappa shape index (κ3) is 8.06. The fourth-order valence-electron chi connectivity index (χ4n) is 4.32. The van der Waals surface area contributed by atoms with E-state index in [1.54, 1.807) is 30.0 Å². The average molecular weight is 582 g/mol. The van der Waals surface area contributed by atoms with Gasteiger partial charge in [0.2, 0.25) is 15.9 Å². The molecular formula is C24H31N5O6S3. The first kappa shape index (κ1) is 29.7. The van der Waals surface area contributed by atoms with Crippen LogP contribution in [0.3, 0.4) is 0 Å². The minimum absolute atomic E-state index is 0.0372. The number of anilines is 1. The molecule has 3 aromatic rings. The maximum atomic E-state index is 13.5. The molecule has 38 heavy (non-hydrogen) atoms. The Morgan fingerprint density at radius 3 is 2.55 bits per heavy atom. The average Bonchev–Trinajstić information content (AvgIpc) is 3.41. The monoisotopic (exact) mass is 581 g/mol. The molecule has 4 rings (SSSR count). The second-order valence-electron chi connectivity index (χ2n) is 8.82. The van der Waals surface area contributed by atoms with Crippen molar-refractivity contribution in [1.29, 1.82) is 5.41 Å². The molecule has 206 valence electrons. The molecule has 1 fully saturated rings. The van der Waals surface area contributed by atoms with Crippen LogP contribution in [0.25, 0.3) is 10.8 Å². The fraction of sp³-hybridized carbons (Fsp3) is 0.333. The van der Waals surface area contributed by atoms with Crippen molar-refractivity contribution in [2.45, 2.75) is 30.7 Å². The van der Waals surface area contributed by atoms with E-state index in [0.717, 1.165) is 35.2 Å². The molecule has 2 heterocycles. The van der Waals surface area contributed by atoms with Crippen LogP contribution in [0.15, 0.2) is 64.9 Å². The van der Waals surface area contributed by atoms with Gasteiger partial charge in [0.05, 0.1) is 15.9 Å². The second-order valence-corrected chi connectivity index (χ2v) is 11.9. The Labute approximate surface area is 228 Å². The standard InChI is InChI=1S/C24H29N5O3S2.H2O3S/c1-17(27-34(31,32)21-11-10-19-7-2-3-8-20(19)14-21)23(30)29(22-9-5-13-33-22)16-18-6-4-12-28(15-18)24(25)26;1-4(2)3/h2-3,5,7-11,13-14,17-18,27H,4,6,12,15-16H2,1H3,(H3,25,26);(H2,1,2,3)/t17-,18?;/m1./s1. The van der Waals surface area contributed by atoms with Gasteiger partial charge in [-0.2, -0.15) is 8.93 Å². The number of carbonyl (C=O) groups excluding carboxylic acids is 1. The van der Waals surface area contributed by atoms with E-state index in [4.69, 9.17) is 24.5 Å². The zero-order chi connectivity index (χ0) is 27.9. The molecule has 0 aliphatic carbocycles. The summed E-state index contributed by atoms with van der Waals surface area (Å²) in [7, 11) is -3.90. The number of sulfonamides is 1. The first-order valence-corrected chi connectivity index (χ1v) is 15.2. The van der Waals surface area contributed by atoms with Gasteiger partial charge in [-0.3, -0.25) is 19.3 Å². The largest absolute Gasteiger partial charge is 0.370 e. The Kier molecular flexibility index (Phi) is 10.4. The van der Waals surface area contributed by atoms with Crippen LogP contribution in [0.4, 0.5) is 5.00 Å². The molecule has 14 heteroatoms. The topological polar surface area (TPSA) is 177 Å². The minimum atomic E-state index is -3.90. The highest BCUT2D eigenvalue weighted by molar-refractivity contribution is 7.89. The lowest BCUT2D eigenvalue weighted by Crippen LogP contribution is -2.51. The van der Waals surface area contributed by atoms with E-state index < -0.39 is 27.4 Å². The number of rotatable bonds is 7. The number of hydrogen-bond acceptors (Lipinski definition) is 6. The van der Waals surface area contributed by atoms with E-state index in [1.807, 2.05) is 46.7 Å². The van der Waals surface area contributed by atoms with Gasteiger partial charge in [-0.25, -0.2) is 8.42 Å². The lowest BCUT2D eigenvalue weighted by molar-refractivity contribution is -0.120. The van der Waals surface area contributed by atoms with Crippen LogP contribution in [0.1, 0.15) is 19.8 Å². The maximum absolute atomic E-state index is 13.5. The smallest absolute Gasteiger partial charge is 0.299 e. The van der Waals surface area contributed by atoms with Crippen LogP contribution in [0.2, 0.25) is 0 Å². The Morgan fingerprint density at radius 2 is 1.92 bits per heavy atom. The van der Waals surface area contributed by atoms with Crippen molar-refractivity contribution in [3.05, 3.63) is 60.0 Å². The van der Waals surface area contributed by atoms with Crippen molar-refractivity contribution in [1.82, 2.24) is 9.62 Å². The fourth-order valence-corrected chi connectivity index (χ4v) is 6.30. The Hall–Kier alpha value is -2.88. The molecule has 2 atom stereocenters. The van der Waals surface area contributed by atoms with Crippen molar-refractivity contribution in [2.24, 2.45) is 11.7 Å². The summed E-state index contributed by atoms with van der Waals surface area (Å²) in [6.45, 7) is 3.35. The number of carbonyl (C=O) groups is 1. The summed E-state index contributed by atoms with van der Waals surface area (Å²) in [5, 5.41) is 12.2. The van der Waals surface area contributed by atoms with Crippen LogP contribution < -0.4 is 15.4 Å². The number of thiophene rings is 1. The molecule has 0 bridgehead atoms. The third-order valence-electron chi connectivity index (χ3n) is 6.07. The predicted molar refractivity (Wildman–Crippen MR) is 150 cm³/mol. The van der Waals surface area contributed by atoms with E-state index >= 15 is 0 Å². The number of amides is 1. The number of fused-ring (bicyclic) bond motifs is 1. The first-order valence-electron chi connectivity index (χ1n) is 11.7. The summed E-state index contributed by atoms with van der Waals surface area (Å²) in [6.07, 6.45) is 1.80. The Bertz CT molecular complexity index is 1380. The zero-order valence-corrected chi connectivity index (χ0v) is 23.1. The summed E-state index contributed by atoms with van der Waals surface area (Å²) in [5.41, 5.74) is 5.68. The van der Waals surface area contributed by atoms with E-state index in [1.165, 1.54) is 11.3 Å². The van der Waals surface area contributed by atoms with E-state index in [0.29, 0.717) is 13.1 Å². The van der Waals surface area contributed by atoms with Crippen LogP contribution >= 0.6 is 11.3 Å². The number of nitrogens with zero attached hydrogens (tertiary/aromatic N) is 2. The normalized spacial score (nSPS) is 16.5. The minimum Gasteiger partial charge on any atom is -0.370 e. The number of likely N-dealkylation sites (tertiary alicyclic amines) is 1. The summed E-state index contributed by atoms with van der Waals surface area (Å²) in [4.78, 5) is 17.1. The molecule has 0 spiro atoms. The van der Waals surface area contributed by atoms with E-state index in [9.17, 15) is 13.2 Å². The lowest BCUT2D eigenvalue weighted by Gasteiger charge is -2.36. The van der Waals surface area contributed by atoms with Crippen LogP contribution in [-0.2, 0) is 26.2 Å². The maximum Gasteiger partial charge on any atom is 0.299 e. The SMILES string of the molecule is C[C@@H](NS(=O)(=O)c1ccc2ccccc2c1)C(=O)N(CC1CCCN(C(=N)N)C1)c1cccs1.O=S(O)O. The lowest BCUT2D eigenvalue weighted by atomic mass is 9.97. The van der Waals surface area contributed by atoms with Crippen LogP contribution in [-0.4, -0.2) is 64.2 Å². The predicted octanol–water partition coefficient (Wildman–Crippen LogP) is 2.89. The Morgan fingerprint density at radius 1 is 1.24 bits per heavy atom.